The Morgan fingerprint density at radius 1 is 1.35 bits per heavy atom. The molecule has 2 atom stereocenters. The van der Waals surface area contributed by atoms with Crippen molar-refractivity contribution < 1.29 is 0 Å². The average molecular weight is 271 g/mol. The largest absolute Gasteiger partial charge is 0.387 e. The second-order valence-electron chi connectivity index (χ2n) is 5.16. The van der Waals surface area contributed by atoms with Gasteiger partial charge in [0, 0.05) is 28.7 Å². The molecule has 1 N–H and O–H groups in total. The zero-order valence-electron chi connectivity index (χ0n) is 11.1. The number of thioether (sulfide) groups is 2. The van der Waals surface area contributed by atoms with Crippen molar-refractivity contribution in [2.24, 2.45) is 11.8 Å². The number of hydrogen-bond donors (Lipinski definition) is 1. The number of allylic oxidation sites excluding steroid dienone is 2. The SMILES string of the molecule is CCCC1CCCSCC(C)C2=C1NCCS2. The minimum absolute atomic E-state index is 0.755. The van der Waals surface area contributed by atoms with Crippen molar-refractivity contribution >= 4 is 23.5 Å². The summed E-state index contributed by atoms with van der Waals surface area (Å²) in [6, 6.07) is 0. The van der Waals surface area contributed by atoms with E-state index in [0.29, 0.717) is 0 Å². The molecule has 2 rings (SSSR count). The normalized spacial score (nSPS) is 30.9. The molecule has 0 spiro atoms. The fourth-order valence-corrected chi connectivity index (χ4v) is 5.16. The molecular weight excluding hydrogens is 246 g/mol. The lowest BCUT2D eigenvalue weighted by atomic mass is 9.92. The van der Waals surface area contributed by atoms with Crippen LogP contribution < -0.4 is 5.32 Å². The second kappa shape index (κ2) is 6.98. The third-order valence-electron chi connectivity index (χ3n) is 3.64. The molecule has 0 radical (unpaired) electrons. The molecule has 2 aliphatic rings. The smallest absolute Gasteiger partial charge is 0.0238 e. The van der Waals surface area contributed by atoms with Crippen LogP contribution in [0.4, 0.5) is 0 Å². The summed E-state index contributed by atoms with van der Waals surface area (Å²) in [5.74, 6) is 5.49. The molecular formula is C14H25NS2. The van der Waals surface area contributed by atoms with Crippen molar-refractivity contribution in [1.82, 2.24) is 5.32 Å². The van der Waals surface area contributed by atoms with E-state index in [1.165, 1.54) is 49.5 Å². The van der Waals surface area contributed by atoms with Gasteiger partial charge in [0.2, 0.25) is 0 Å². The molecule has 3 heteroatoms. The molecule has 98 valence electrons. The number of rotatable bonds is 2. The van der Waals surface area contributed by atoms with Crippen molar-refractivity contribution in [3.05, 3.63) is 10.6 Å². The summed E-state index contributed by atoms with van der Waals surface area (Å²) in [6.07, 6.45) is 5.46. The van der Waals surface area contributed by atoms with E-state index in [-0.39, 0.29) is 0 Å². The Labute approximate surface area is 115 Å². The predicted molar refractivity (Wildman–Crippen MR) is 81.6 cm³/mol. The van der Waals surface area contributed by atoms with Crippen molar-refractivity contribution in [2.45, 2.75) is 39.5 Å². The Morgan fingerprint density at radius 2 is 2.24 bits per heavy atom. The van der Waals surface area contributed by atoms with Gasteiger partial charge in [-0.15, -0.1) is 11.8 Å². The van der Waals surface area contributed by atoms with E-state index in [4.69, 9.17) is 0 Å². The Balaban J connectivity index is 2.21. The van der Waals surface area contributed by atoms with Gasteiger partial charge in [0.15, 0.2) is 0 Å². The van der Waals surface area contributed by atoms with Crippen molar-refractivity contribution in [3.8, 4) is 0 Å². The Hall–Kier alpha value is 0.240. The maximum Gasteiger partial charge on any atom is 0.0238 e. The van der Waals surface area contributed by atoms with E-state index < -0.39 is 0 Å². The highest BCUT2D eigenvalue weighted by Gasteiger charge is 2.25. The lowest BCUT2D eigenvalue weighted by molar-refractivity contribution is 0.471. The molecule has 0 aromatic carbocycles. The van der Waals surface area contributed by atoms with Crippen LogP contribution >= 0.6 is 23.5 Å². The molecule has 0 fully saturated rings. The van der Waals surface area contributed by atoms with Gasteiger partial charge >= 0.3 is 0 Å². The van der Waals surface area contributed by atoms with Crippen molar-refractivity contribution in [2.75, 3.05) is 23.8 Å². The van der Waals surface area contributed by atoms with Crippen LogP contribution in [0, 0.1) is 11.8 Å². The van der Waals surface area contributed by atoms with Gasteiger partial charge in [0.1, 0.15) is 0 Å². The van der Waals surface area contributed by atoms with E-state index in [2.05, 4.69) is 42.7 Å². The number of nitrogens with one attached hydrogen (secondary N) is 1. The van der Waals surface area contributed by atoms with Crippen LogP contribution in [0.1, 0.15) is 39.5 Å². The van der Waals surface area contributed by atoms with Gasteiger partial charge in [-0.2, -0.15) is 11.8 Å². The standard InChI is InChI=1S/C14H25NS2/c1-3-5-12-6-4-8-16-10-11(2)14-13(12)15-7-9-17-14/h11-12,15H,3-10H2,1-2H3. The maximum absolute atomic E-state index is 3.73. The Bertz CT molecular complexity index is 275. The zero-order chi connectivity index (χ0) is 12.1. The van der Waals surface area contributed by atoms with Gasteiger partial charge in [-0.3, -0.25) is 0 Å². The minimum atomic E-state index is 0.755. The average Bonchev–Trinajstić information content (AvgIpc) is 2.43. The van der Waals surface area contributed by atoms with Crippen LogP contribution in [0.15, 0.2) is 10.6 Å². The van der Waals surface area contributed by atoms with Crippen LogP contribution in [0.5, 0.6) is 0 Å². The summed E-state index contributed by atoms with van der Waals surface area (Å²) < 4.78 is 0. The molecule has 17 heavy (non-hydrogen) atoms. The third-order valence-corrected chi connectivity index (χ3v) is 6.30. The maximum atomic E-state index is 3.73. The quantitative estimate of drug-likeness (QED) is 0.811. The van der Waals surface area contributed by atoms with Crippen LogP contribution in [0.2, 0.25) is 0 Å². The molecule has 2 unspecified atom stereocenters. The van der Waals surface area contributed by atoms with Gasteiger partial charge < -0.3 is 5.32 Å². The Kier molecular flexibility index (Phi) is 5.61. The molecule has 0 aromatic rings. The van der Waals surface area contributed by atoms with E-state index in [1.807, 2.05) is 0 Å². The van der Waals surface area contributed by atoms with Crippen molar-refractivity contribution in [3.63, 3.8) is 0 Å². The van der Waals surface area contributed by atoms with Crippen LogP contribution in [0.3, 0.4) is 0 Å². The molecule has 0 bridgehead atoms. The summed E-state index contributed by atoms with van der Waals surface area (Å²) in [5, 5.41) is 3.73. The first-order chi connectivity index (χ1) is 8.33. The first kappa shape index (κ1) is 13.7. The summed E-state index contributed by atoms with van der Waals surface area (Å²) in [4.78, 5) is 1.68. The third kappa shape index (κ3) is 3.60. The van der Waals surface area contributed by atoms with Crippen LogP contribution in [0.25, 0.3) is 0 Å². The van der Waals surface area contributed by atoms with E-state index >= 15 is 0 Å². The minimum Gasteiger partial charge on any atom is -0.387 e. The van der Waals surface area contributed by atoms with E-state index in [1.54, 1.807) is 10.6 Å². The second-order valence-corrected chi connectivity index (χ2v) is 7.44. The van der Waals surface area contributed by atoms with E-state index in [0.717, 1.165) is 11.8 Å². The van der Waals surface area contributed by atoms with Gasteiger partial charge in [0.25, 0.3) is 0 Å². The first-order valence-electron chi connectivity index (χ1n) is 7.01. The Morgan fingerprint density at radius 3 is 3.06 bits per heavy atom. The predicted octanol–water partition coefficient (Wildman–Crippen LogP) is 4.11. The molecule has 2 aliphatic heterocycles. The lowest BCUT2D eigenvalue weighted by Gasteiger charge is -2.30. The summed E-state index contributed by atoms with van der Waals surface area (Å²) in [7, 11) is 0. The van der Waals surface area contributed by atoms with Gasteiger partial charge in [-0.05, 0) is 36.9 Å². The molecule has 0 saturated carbocycles. The zero-order valence-corrected chi connectivity index (χ0v) is 12.8. The molecule has 0 aromatic heterocycles. The summed E-state index contributed by atoms with van der Waals surface area (Å²) in [5.41, 5.74) is 1.62. The first-order valence-corrected chi connectivity index (χ1v) is 9.15. The van der Waals surface area contributed by atoms with Crippen LogP contribution in [-0.2, 0) is 0 Å². The molecule has 2 heterocycles. The number of hydrogen-bond acceptors (Lipinski definition) is 3. The van der Waals surface area contributed by atoms with Crippen molar-refractivity contribution in [1.29, 1.82) is 0 Å². The highest BCUT2D eigenvalue weighted by molar-refractivity contribution is 8.03. The van der Waals surface area contributed by atoms with E-state index in [9.17, 15) is 0 Å². The van der Waals surface area contributed by atoms with Gasteiger partial charge in [0.05, 0.1) is 0 Å². The van der Waals surface area contributed by atoms with Gasteiger partial charge in [-0.25, -0.2) is 0 Å². The highest BCUT2D eigenvalue weighted by atomic mass is 32.2. The molecule has 0 amide bonds. The highest BCUT2D eigenvalue weighted by Crippen LogP contribution is 2.38. The fraction of sp³-hybridized carbons (Fsp3) is 0.857. The molecule has 0 aliphatic carbocycles. The summed E-state index contributed by atoms with van der Waals surface area (Å²) in [6.45, 7) is 5.90. The van der Waals surface area contributed by atoms with Crippen LogP contribution in [-0.4, -0.2) is 23.8 Å². The topological polar surface area (TPSA) is 12.0 Å². The lowest BCUT2D eigenvalue weighted by Crippen LogP contribution is -2.29. The molecule has 0 saturated heterocycles. The van der Waals surface area contributed by atoms with Gasteiger partial charge in [-0.1, -0.05) is 20.3 Å². The monoisotopic (exact) mass is 271 g/mol. The molecule has 1 nitrogen and oxygen atoms in total. The summed E-state index contributed by atoms with van der Waals surface area (Å²) >= 11 is 4.27. The fourth-order valence-electron chi connectivity index (χ4n) is 2.81.